The van der Waals surface area contributed by atoms with Gasteiger partial charge < -0.3 is 14.7 Å². The molecule has 0 aliphatic carbocycles. The van der Waals surface area contributed by atoms with Crippen molar-refractivity contribution in [3.8, 4) is 11.5 Å². The van der Waals surface area contributed by atoms with E-state index in [1.54, 1.807) is 6.26 Å². The van der Waals surface area contributed by atoms with Crippen molar-refractivity contribution in [1.82, 2.24) is 10.1 Å². The van der Waals surface area contributed by atoms with E-state index in [1.165, 1.54) is 6.42 Å². The van der Waals surface area contributed by atoms with Crippen molar-refractivity contribution in [2.75, 3.05) is 13.1 Å². The highest BCUT2D eigenvalue weighted by atomic mass is 35.5. The van der Waals surface area contributed by atoms with Gasteiger partial charge in [0.25, 0.3) is 0 Å². The first-order chi connectivity index (χ1) is 9.22. The molecule has 0 spiro atoms. The Morgan fingerprint density at radius 1 is 1.50 bits per heavy atom. The number of aromatic nitrogens is 1. The third-order valence-electron chi connectivity index (χ3n) is 3.76. The van der Waals surface area contributed by atoms with Gasteiger partial charge in [0.15, 0.2) is 5.76 Å². The molecule has 2 N–H and O–H groups in total. The molecule has 0 amide bonds. The van der Waals surface area contributed by atoms with E-state index in [0.29, 0.717) is 17.4 Å². The number of hydrogen-bond donors (Lipinski definition) is 1. The van der Waals surface area contributed by atoms with Gasteiger partial charge in [-0.1, -0.05) is 5.16 Å². The van der Waals surface area contributed by atoms with Crippen molar-refractivity contribution in [1.29, 1.82) is 0 Å². The number of furan rings is 1. The topological polar surface area (TPSA) is 68.4 Å². The minimum atomic E-state index is 0. The number of rotatable bonds is 4. The van der Waals surface area contributed by atoms with Crippen LogP contribution in [0.4, 0.5) is 0 Å². The molecular formula is C14H20ClN3O2. The standard InChI is InChI=1S/C14H19N3O2.ClH/c1-10(15)11-4-5-17(8-11)9-12-7-14(19-16-12)13-3-2-6-18-13;/h2-3,6-7,10-11H,4-5,8-9,15H2,1H3;1H. The molecule has 1 fully saturated rings. The lowest BCUT2D eigenvalue weighted by Crippen LogP contribution is -2.29. The van der Waals surface area contributed by atoms with Gasteiger partial charge in [0, 0.05) is 25.2 Å². The fraction of sp³-hybridized carbons (Fsp3) is 0.500. The molecule has 0 radical (unpaired) electrons. The Hall–Kier alpha value is -1.30. The van der Waals surface area contributed by atoms with Crippen molar-refractivity contribution in [2.24, 2.45) is 11.7 Å². The molecule has 3 rings (SSSR count). The Balaban J connectivity index is 0.00000147. The predicted molar refractivity (Wildman–Crippen MR) is 78.5 cm³/mol. The summed E-state index contributed by atoms with van der Waals surface area (Å²) in [5.74, 6) is 1.99. The van der Waals surface area contributed by atoms with Crippen LogP contribution in [0.3, 0.4) is 0 Å². The van der Waals surface area contributed by atoms with Crippen molar-refractivity contribution in [3.63, 3.8) is 0 Å². The molecule has 0 saturated carbocycles. The summed E-state index contributed by atoms with van der Waals surface area (Å²) in [4.78, 5) is 2.37. The molecule has 20 heavy (non-hydrogen) atoms. The number of hydrogen-bond acceptors (Lipinski definition) is 5. The van der Waals surface area contributed by atoms with E-state index >= 15 is 0 Å². The fourth-order valence-corrected chi connectivity index (χ4v) is 2.59. The number of nitrogens with zero attached hydrogens (tertiary/aromatic N) is 2. The molecule has 1 aliphatic rings. The second-order valence-electron chi connectivity index (χ2n) is 5.30. The minimum Gasteiger partial charge on any atom is -0.461 e. The average Bonchev–Trinajstić information content (AvgIpc) is 3.09. The number of nitrogens with two attached hydrogens (primary N) is 1. The fourth-order valence-electron chi connectivity index (χ4n) is 2.59. The molecule has 0 bridgehead atoms. The quantitative estimate of drug-likeness (QED) is 0.939. The molecule has 2 aromatic rings. The van der Waals surface area contributed by atoms with Crippen LogP contribution in [0.2, 0.25) is 0 Å². The van der Waals surface area contributed by atoms with E-state index in [1.807, 2.05) is 18.2 Å². The van der Waals surface area contributed by atoms with Gasteiger partial charge in [-0.2, -0.15) is 0 Å². The van der Waals surface area contributed by atoms with Crippen LogP contribution in [-0.4, -0.2) is 29.2 Å². The molecule has 2 unspecified atom stereocenters. The van der Waals surface area contributed by atoms with Crippen LogP contribution < -0.4 is 5.73 Å². The third kappa shape index (κ3) is 3.23. The van der Waals surface area contributed by atoms with Crippen LogP contribution in [0.25, 0.3) is 11.5 Å². The Morgan fingerprint density at radius 2 is 2.35 bits per heavy atom. The van der Waals surface area contributed by atoms with Crippen molar-refractivity contribution < 1.29 is 8.94 Å². The SMILES string of the molecule is CC(N)C1CCN(Cc2cc(-c3ccco3)on2)C1.Cl. The molecule has 1 saturated heterocycles. The monoisotopic (exact) mass is 297 g/mol. The first-order valence-corrected chi connectivity index (χ1v) is 6.70. The van der Waals surface area contributed by atoms with Crippen LogP contribution in [0, 0.1) is 5.92 Å². The third-order valence-corrected chi connectivity index (χ3v) is 3.76. The Bertz CT molecular complexity index is 524. The van der Waals surface area contributed by atoms with Crippen molar-refractivity contribution in [3.05, 3.63) is 30.2 Å². The van der Waals surface area contributed by atoms with Gasteiger partial charge in [0.05, 0.1) is 12.0 Å². The van der Waals surface area contributed by atoms with Gasteiger partial charge in [-0.3, -0.25) is 4.90 Å². The minimum absolute atomic E-state index is 0. The Kier molecular flexibility index (Phi) is 4.86. The average molecular weight is 298 g/mol. The lowest BCUT2D eigenvalue weighted by molar-refractivity contribution is 0.296. The molecule has 0 aromatic carbocycles. The molecular weight excluding hydrogens is 278 g/mol. The van der Waals surface area contributed by atoms with Gasteiger partial charge in [0.1, 0.15) is 0 Å². The van der Waals surface area contributed by atoms with Gasteiger partial charge in [0.2, 0.25) is 5.76 Å². The van der Waals surface area contributed by atoms with Crippen molar-refractivity contribution in [2.45, 2.75) is 25.9 Å². The van der Waals surface area contributed by atoms with Gasteiger partial charge in [-0.05, 0) is 37.9 Å². The van der Waals surface area contributed by atoms with Crippen LogP contribution in [0.1, 0.15) is 19.0 Å². The van der Waals surface area contributed by atoms with E-state index < -0.39 is 0 Å². The Labute approximate surface area is 124 Å². The zero-order chi connectivity index (χ0) is 13.2. The summed E-state index contributed by atoms with van der Waals surface area (Å²) in [7, 11) is 0. The second-order valence-corrected chi connectivity index (χ2v) is 5.30. The Morgan fingerprint density at radius 3 is 3.00 bits per heavy atom. The van der Waals surface area contributed by atoms with Gasteiger partial charge in [-0.15, -0.1) is 12.4 Å². The largest absolute Gasteiger partial charge is 0.461 e. The summed E-state index contributed by atoms with van der Waals surface area (Å²) < 4.78 is 10.6. The normalized spacial score (nSPS) is 20.8. The highest BCUT2D eigenvalue weighted by Gasteiger charge is 2.25. The molecule has 2 aromatic heterocycles. The zero-order valence-electron chi connectivity index (χ0n) is 11.5. The maximum Gasteiger partial charge on any atom is 0.202 e. The zero-order valence-corrected chi connectivity index (χ0v) is 12.3. The smallest absolute Gasteiger partial charge is 0.202 e. The maximum atomic E-state index is 5.95. The van der Waals surface area contributed by atoms with Gasteiger partial charge in [-0.25, -0.2) is 0 Å². The highest BCUT2D eigenvalue weighted by molar-refractivity contribution is 5.85. The first-order valence-electron chi connectivity index (χ1n) is 6.70. The van der Waals surface area contributed by atoms with Crippen LogP contribution in [0.15, 0.2) is 33.4 Å². The molecule has 6 heteroatoms. The van der Waals surface area contributed by atoms with E-state index in [2.05, 4.69) is 17.0 Å². The molecule has 110 valence electrons. The van der Waals surface area contributed by atoms with Crippen molar-refractivity contribution >= 4 is 12.4 Å². The van der Waals surface area contributed by atoms with E-state index in [4.69, 9.17) is 14.7 Å². The first kappa shape index (κ1) is 15.1. The summed E-state index contributed by atoms with van der Waals surface area (Å²) in [6, 6.07) is 5.91. The lowest BCUT2D eigenvalue weighted by Gasteiger charge is -2.16. The number of halogens is 1. The van der Waals surface area contributed by atoms with Crippen LogP contribution in [0.5, 0.6) is 0 Å². The molecule has 2 atom stereocenters. The molecule has 5 nitrogen and oxygen atoms in total. The summed E-state index contributed by atoms with van der Waals surface area (Å²) in [6.07, 6.45) is 2.80. The van der Waals surface area contributed by atoms with Gasteiger partial charge >= 0.3 is 0 Å². The van der Waals surface area contributed by atoms with E-state index in [0.717, 1.165) is 25.3 Å². The molecule has 3 heterocycles. The summed E-state index contributed by atoms with van der Waals surface area (Å²) in [5.41, 5.74) is 6.89. The molecule has 1 aliphatic heterocycles. The summed E-state index contributed by atoms with van der Waals surface area (Å²) in [5, 5.41) is 4.10. The lowest BCUT2D eigenvalue weighted by atomic mass is 10.0. The maximum absolute atomic E-state index is 5.95. The highest BCUT2D eigenvalue weighted by Crippen LogP contribution is 2.24. The van der Waals surface area contributed by atoms with Crippen LogP contribution >= 0.6 is 12.4 Å². The summed E-state index contributed by atoms with van der Waals surface area (Å²) >= 11 is 0. The number of likely N-dealkylation sites (tertiary alicyclic amines) is 1. The van der Waals surface area contributed by atoms with E-state index in [-0.39, 0.29) is 18.4 Å². The summed E-state index contributed by atoms with van der Waals surface area (Å²) in [6.45, 7) is 5.02. The predicted octanol–water partition coefficient (Wildman–Crippen LogP) is 2.53. The van der Waals surface area contributed by atoms with E-state index in [9.17, 15) is 0 Å². The second kappa shape index (κ2) is 6.43. The van der Waals surface area contributed by atoms with Crippen LogP contribution in [-0.2, 0) is 6.54 Å².